The molecule has 0 atom stereocenters. The molecule has 3 rings (SSSR count). The Hall–Kier alpha value is -3.59. The smallest absolute Gasteiger partial charge is 0.352 e. The molecule has 34 heavy (non-hydrogen) atoms. The van der Waals surface area contributed by atoms with Crippen molar-refractivity contribution in [1.29, 1.82) is 0 Å². The first-order chi connectivity index (χ1) is 16.1. The van der Waals surface area contributed by atoms with Crippen LogP contribution >= 0.6 is 11.6 Å². The van der Waals surface area contributed by atoms with Crippen LogP contribution in [-0.4, -0.2) is 25.0 Å². The number of carbonyl (C=O) groups excluding carboxylic acids is 2. The van der Waals surface area contributed by atoms with Crippen LogP contribution in [0, 0.1) is 5.82 Å². The summed E-state index contributed by atoms with van der Waals surface area (Å²) >= 11 is 5.84. The topological polar surface area (TPSA) is 61.4 Å². The number of hydrogen-bond acceptors (Lipinski definition) is 2. The van der Waals surface area contributed by atoms with Crippen molar-refractivity contribution in [2.75, 3.05) is 23.3 Å². The van der Waals surface area contributed by atoms with Gasteiger partial charge in [0.05, 0.1) is 5.56 Å². The number of nitrogens with zero attached hydrogens (tertiary/aromatic N) is 1. The maximum absolute atomic E-state index is 13.3. The largest absolute Gasteiger partial charge is 0.416 e. The van der Waals surface area contributed by atoms with Gasteiger partial charge in [-0.15, -0.1) is 0 Å². The van der Waals surface area contributed by atoms with Crippen LogP contribution in [0.5, 0.6) is 0 Å². The van der Waals surface area contributed by atoms with Gasteiger partial charge in [-0.3, -0.25) is 9.69 Å². The Kier molecular flexibility index (Phi) is 8.12. The summed E-state index contributed by atoms with van der Waals surface area (Å²) in [5.74, 6) is -1.06. The summed E-state index contributed by atoms with van der Waals surface area (Å²) in [6.45, 7) is 0.114. The first kappa shape index (κ1) is 25.0. The number of halogens is 5. The summed E-state index contributed by atoms with van der Waals surface area (Å²) in [7, 11) is 0. The second-order valence-electron chi connectivity index (χ2n) is 7.26. The Morgan fingerprint density at radius 3 is 2.32 bits per heavy atom. The fraction of sp³-hybridized carbons (Fsp3) is 0.167. The van der Waals surface area contributed by atoms with Gasteiger partial charge in [-0.1, -0.05) is 23.7 Å². The Morgan fingerprint density at radius 2 is 1.65 bits per heavy atom. The average Bonchev–Trinajstić information content (AvgIpc) is 2.80. The molecule has 0 saturated heterocycles. The number of alkyl halides is 3. The molecule has 3 aromatic rings. The minimum absolute atomic E-state index is 0.00413. The van der Waals surface area contributed by atoms with Gasteiger partial charge >= 0.3 is 12.2 Å². The van der Waals surface area contributed by atoms with E-state index in [4.69, 9.17) is 11.6 Å². The van der Waals surface area contributed by atoms with Crippen molar-refractivity contribution in [3.63, 3.8) is 0 Å². The third-order valence-electron chi connectivity index (χ3n) is 4.76. The average molecular weight is 494 g/mol. The summed E-state index contributed by atoms with van der Waals surface area (Å²) < 4.78 is 52.9. The maximum atomic E-state index is 13.3. The zero-order valence-corrected chi connectivity index (χ0v) is 18.5. The normalized spacial score (nSPS) is 11.1. The SMILES string of the molecule is O=C(NCCCN(C(=O)Nc1ccc(Cl)cc1)c1cccc(C(F)(F)F)c1)c1cccc(F)c1. The van der Waals surface area contributed by atoms with Crippen LogP contribution < -0.4 is 15.5 Å². The molecule has 10 heteroatoms. The van der Waals surface area contributed by atoms with E-state index in [-0.39, 0.29) is 30.8 Å². The Morgan fingerprint density at radius 1 is 0.941 bits per heavy atom. The van der Waals surface area contributed by atoms with Gasteiger partial charge in [-0.25, -0.2) is 9.18 Å². The zero-order valence-electron chi connectivity index (χ0n) is 17.7. The van der Waals surface area contributed by atoms with Gasteiger partial charge in [0.15, 0.2) is 0 Å². The van der Waals surface area contributed by atoms with Crippen LogP contribution in [-0.2, 0) is 6.18 Å². The molecule has 5 nitrogen and oxygen atoms in total. The molecule has 0 aromatic heterocycles. The monoisotopic (exact) mass is 493 g/mol. The van der Waals surface area contributed by atoms with E-state index in [1.54, 1.807) is 24.3 Å². The number of benzene rings is 3. The highest BCUT2D eigenvalue weighted by Gasteiger charge is 2.31. The Labute approximate surface area is 198 Å². The molecule has 3 amide bonds. The zero-order chi connectivity index (χ0) is 24.7. The lowest BCUT2D eigenvalue weighted by Crippen LogP contribution is -2.37. The Bertz CT molecular complexity index is 1150. The molecule has 3 aromatic carbocycles. The number of carbonyl (C=O) groups is 2. The van der Waals surface area contributed by atoms with Crippen molar-refractivity contribution >= 4 is 34.9 Å². The molecule has 0 aliphatic rings. The molecule has 0 bridgehead atoms. The van der Waals surface area contributed by atoms with E-state index in [0.717, 1.165) is 23.1 Å². The lowest BCUT2D eigenvalue weighted by Gasteiger charge is -2.24. The van der Waals surface area contributed by atoms with Crippen molar-refractivity contribution in [2.45, 2.75) is 12.6 Å². The molecule has 178 valence electrons. The third-order valence-corrected chi connectivity index (χ3v) is 5.01. The van der Waals surface area contributed by atoms with Crippen LogP contribution in [0.15, 0.2) is 72.8 Å². The van der Waals surface area contributed by atoms with Crippen LogP contribution in [0.1, 0.15) is 22.3 Å². The van der Waals surface area contributed by atoms with Gasteiger partial charge in [0.2, 0.25) is 0 Å². The van der Waals surface area contributed by atoms with Crippen LogP contribution in [0.25, 0.3) is 0 Å². The molecule has 0 aliphatic carbocycles. The quantitative estimate of drug-likeness (QED) is 0.297. The highest BCUT2D eigenvalue weighted by atomic mass is 35.5. The summed E-state index contributed by atoms with van der Waals surface area (Å²) in [5.41, 5.74) is -0.313. The lowest BCUT2D eigenvalue weighted by atomic mass is 10.1. The van der Waals surface area contributed by atoms with E-state index in [2.05, 4.69) is 10.6 Å². The lowest BCUT2D eigenvalue weighted by molar-refractivity contribution is -0.137. The van der Waals surface area contributed by atoms with Crippen LogP contribution in [0.2, 0.25) is 5.02 Å². The van der Waals surface area contributed by atoms with Gasteiger partial charge in [-0.2, -0.15) is 13.2 Å². The number of anilines is 2. The molecular formula is C24H20ClF4N3O2. The number of urea groups is 1. The van der Waals surface area contributed by atoms with E-state index < -0.39 is 29.5 Å². The molecule has 0 saturated carbocycles. The molecule has 0 radical (unpaired) electrons. The van der Waals surface area contributed by atoms with Gasteiger partial charge in [0.25, 0.3) is 5.91 Å². The minimum atomic E-state index is -4.58. The second kappa shape index (κ2) is 11.0. The van der Waals surface area contributed by atoms with Gasteiger partial charge in [0, 0.05) is 35.1 Å². The van der Waals surface area contributed by atoms with Gasteiger partial charge < -0.3 is 10.6 Å². The predicted molar refractivity (Wildman–Crippen MR) is 123 cm³/mol. The summed E-state index contributed by atoms with van der Waals surface area (Å²) in [5, 5.41) is 5.69. The molecule has 0 spiro atoms. The van der Waals surface area contributed by atoms with Crippen molar-refractivity contribution < 1.29 is 27.2 Å². The van der Waals surface area contributed by atoms with Crippen LogP contribution in [0.4, 0.5) is 33.7 Å². The van der Waals surface area contributed by atoms with Crippen molar-refractivity contribution in [2.24, 2.45) is 0 Å². The number of rotatable bonds is 7. The number of amides is 3. The fourth-order valence-electron chi connectivity index (χ4n) is 3.09. The van der Waals surface area contributed by atoms with E-state index in [1.807, 2.05) is 0 Å². The van der Waals surface area contributed by atoms with Gasteiger partial charge in [0.1, 0.15) is 5.82 Å². The predicted octanol–water partition coefficient (Wildman–Crippen LogP) is 6.36. The molecular weight excluding hydrogens is 474 g/mol. The highest BCUT2D eigenvalue weighted by Crippen LogP contribution is 2.32. The second-order valence-corrected chi connectivity index (χ2v) is 7.69. The van der Waals surface area contributed by atoms with Crippen molar-refractivity contribution in [3.05, 3.63) is 94.8 Å². The van der Waals surface area contributed by atoms with Crippen molar-refractivity contribution in [3.8, 4) is 0 Å². The first-order valence-electron chi connectivity index (χ1n) is 10.2. The molecule has 0 heterocycles. The summed E-state index contributed by atoms with van der Waals surface area (Å²) in [6.07, 6.45) is -4.35. The number of hydrogen-bond donors (Lipinski definition) is 2. The summed E-state index contributed by atoms with van der Waals surface area (Å²) in [4.78, 5) is 26.2. The van der Waals surface area contributed by atoms with Crippen molar-refractivity contribution in [1.82, 2.24) is 5.32 Å². The number of nitrogens with one attached hydrogen (secondary N) is 2. The molecule has 0 unspecified atom stereocenters. The van der Waals surface area contributed by atoms with E-state index in [0.29, 0.717) is 10.7 Å². The van der Waals surface area contributed by atoms with Crippen LogP contribution in [0.3, 0.4) is 0 Å². The van der Waals surface area contributed by atoms with E-state index in [1.165, 1.54) is 30.3 Å². The van der Waals surface area contributed by atoms with E-state index >= 15 is 0 Å². The maximum Gasteiger partial charge on any atom is 0.416 e. The molecule has 2 N–H and O–H groups in total. The van der Waals surface area contributed by atoms with E-state index in [9.17, 15) is 27.2 Å². The summed E-state index contributed by atoms with van der Waals surface area (Å²) in [6, 6.07) is 15.1. The third kappa shape index (κ3) is 6.95. The first-order valence-corrected chi connectivity index (χ1v) is 10.6. The molecule has 0 fully saturated rings. The Balaban J connectivity index is 1.71. The molecule has 0 aliphatic heterocycles. The highest BCUT2D eigenvalue weighted by molar-refractivity contribution is 6.30. The standard InChI is InChI=1S/C24H20ClF4N3O2/c25-18-8-10-20(11-9-18)31-23(34)32(21-7-2-5-17(15-21)24(27,28)29)13-3-12-30-22(33)16-4-1-6-19(26)14-16/h1-2,4-11,14-15H,3,12-13H2,(H,30,33)(H,31,34). The van der Waals surface area contributed by atoms with Gasteiger partial charge in [-0.05, 0) is 67.1 Å². The fourth-order valence-corrected chi connectivity index (χ4v) is 3.22. The minimum Gasteiger partial charge on any atom is -0.352 e.